The molecule has 0 saturated carbocycles. The molecule has 0 heterocycles. The predicted molar refractivity (Wildman–Crippen MR) is 68.0 cm³/mol. The third-order valence-corrected chi connectivity index (χ3v) is 1.09. The SMILES string of the molecule is O=C(O)/C=C\C(=O)O.O=C(O)/C=C\C(=O)O.O=C([O-])/C=C\C(=O)[O-].[Na+].[Na+]. The molecule has 0 rings (SSSR count). The summed E-state index contributed by atoms with van der Waals surface area (Å²) in [5.74, 6) is -8.12. The van der Waals surface area contributed by atoms with Gasteiger partial charge in [0.05, 0.1) is 11.9 Å². The monoisotopic (exact) mass is 392 g/mol. The van der Waals surface area contributed by atoms with Crippen LogP contribution >= 0.6 is 0 Å². The zero-order valence-corrected chi connectivity index (χ0v) is 17.5. The van der Waals surface area contributed by atoms with Crippen LogP contribution in [0.4, 0.5) is 0 Å². The van der Waals surface area contributed by atoms with Crippen molar-refractivity contribution in [3.8, 4) is 0 Å². The van der Waals surface area contributed by atoms with Crippen molar-refractivity contribution < 1.29 is 119 Å². The van der Waals surface area contributed by atoms with Gasteiger partial charge >= 0.3 is 83.0 Å². The van der Waals surface area contributed by atoms with Crippen LogP contribution in [0.3, 0.4) is 0 Å². The Labute approximate surface area is 189 Å². The van der Waals surface area contributed by atoms with Gasteiger partial charge in [-0.25, -0.2) is 19.2 Å². The standard InChI is InChI=1S/3C4H4O4.2Na/c3*5-3(6)1-2-4(7)8;;/h3*1-2H,(H,5,6)(H,7,8);;/q;;;2*+1/p-2/b3*2-1-;;. The molecule has 0 fully saturated rings. The van der Waals surface area contributed by atoms with Crippen LogP contribution in [0.2, 0.25) is 0 Å². The minimum Gasteiger partial charge on any atom is -0.545 e. The minimum absolute atomic E-state index is 0. The molecule has 0 aliphatic heterocycles. The molecular formula is C12H10Na2O12. The summed E-state index contributed by atoms with van der Waals surface area (Å²) in [7, 11) is 0. The molecule has 12 nitrogen and oxygen atoms in total. The molecule has 0 aromatic rings. The number of rotatable bonds is 6. The summed E-state index contributed by atoms with van der Waals surface area (Å²) in [6.07, 6.45) is 3.00. The largest absolute Gasteiger partial charge is 1.00 e. The summed E-state index contributed by atoms with van der Waals surface area (Å²) >= 11 is 0. The normalized spacial score (nSPS) is 8.77. The first kappa shape index (κ1) is 35.2. The molecule has 0 unspecified atom stereocenters. The third kappa shape index (κ3) is 57.4. The zero-order valence-electron chi connectivity index (χ0n) is 13.5. The Morgan fingerprint density at radius 1 is 0.462 bits per heavy atom. The minimum atomic E-state index is -1.55. The Balaban J connectivity index is -0.0000000817. The van der Waals surface area contributed by atoms with E-state index >= 15 is 0 Å². The van der Waals surface area contributed by atoms with E-state index in [-0.39, 0.29) is 59.1 Å². The summed E-state index contributed by atoms with van der Waals surface area (Å²) in [6.45, 7) is 0. The van der Waals surface area contributed by atoms with E-state index in [0.29, 0.717) is 36.5 Å². The van der Waals surface area contributed by atoms with Gasteiger partial charge in [0.1, 0.15) is 0 Å². The molecule has 4 N–H and O–H groups in total. The summed E-state index contributed by atoms with van der Waals surface area (Å²) in [5, 5.41) is 50.1. The predicted octanol–water partition coefficient (Wildman–Crippen LogP) is -9.53. The van der Waals surface area contributed by atoms with Crippen LogP contribution in [-0.4, -0.2) is 56.2 Å². The quantitative estimate of drug-likeness (QED) is 0.244. The van der Waals surface area contributed by atoms with Crippen LogP contribution in [0, 0.1) is 0 Å². The number of hydrogen-bond donors (Lipinski definition) is 4. The van der Waals surface area contributed by atoms with E-state index in [1.165, 1.54) is 0 Å². The van der Waals surface area contributed by atoms with Crippen molar-refractivity contribution in [1.29, 1.82) is 0 Å². The molecule has 0 amide bonds. The maximum atomic E-state index is 9.55. The second kappa shape index (κ2) is 23.0. The molecule has 0 aliphatic rings. The van der Waals surface area contributed by atoms with Crippen molar-refractivity contribution in [2.45, 2.75) is 0 Å². The topological polar surface area (TPSA) is 229 Å². The first-order chi connectivity index (χ1) is 10.9. The van der Waals surface area contributed by atoms with Crippen molar-refractivity contribution in [2.24, 2.45) is 0 Å². The zero-order chi connectivity index (χ0) is 19.7. The first-order valence-corrected chi connectivity index (χ1v) is 5.26. The molecular weight excluding hydrogens is 382 g/mol. The fourth-order valence-corrected chi connectivity index (χ4v) is 0.421. The van der Waals surface area contributed by atoms with Gasteiger partial charge in [-0.2, -0.15) is 0 Å². The average molecular weight is 392 g/mol. The van der Waals surface area contributed by atoms with E-state index in [4.69, 9.17) is 20.4 Å². The number of aliphatic carboxylic acids is 6. The molecule has 0 aliphatic carbocycles. The van der Waals surface area contributed by atoms with Crippen LogP contribution in [-0.2, 0) is 28.8 Å². The number of carbonyl (C=O) groups is 6. The molecule has 14 heteroatoms. The molecule has 0 bridgehead atoms. The van der Waals surface area contributed by atoms with Gasteiger partial charge in [-0.3, -0.25) is 0 Å². The van der Waals surface area contributed by atoms with Gasteiger partial charge in [-0.15, -0.1) is 0 Å². The van der Waals surface area contributed by atoms with Crippen molar-refractivity contribution in [3.05, 3.63) is 36.5 Å². The van der Waals surface area contributed by atoms with Gasteiger partial charge in [0.2, 0.25) is 0 Å². The molecule has 0 aromatic carbocycles. The van der Waals surface area contributed by atoms with Gasteiger partial charge < -0.3 is 40.2 Å². The van der Waals surface area contributed by atoms with Crippen LogP contribution in [0.15, 0.2) is 36.5 Å². The van der Waals surface area contributed by atoms with Crippen molar-refractivity contribution in [2.75, 3.05) is 0 Å². The molecule has 0 aromatic heterocycles. The van der Waals surface area contributed by atoms with Crippen molar-refractivity contribution >= 4 is 35.8 Å². The summed E-state index contributed by atoms with van der Waals surface area (Å²) in [4.78, 5) is 57.0. The second-order valence-corrected chi connectivity index (χ2v) is 2.99. The fourth-order valence-electron chi connectivity index (χ4n) is 0.421. The Morgan fingerprint density at radius 3 is 0.692 bits per heavy atom. The van der Waals surface area contributed by atoms with Crippen molar-refractivity contribution in [3.63, 3.8) is 0 Å². The van der Waals surface area contributed by atoms with E-state index in [9.17, 15) is 39.0 Å². The number of carboxylic acids is 6. The summed E-state index contributed by atoms with van der Waals surface area (Å²) in [6, 6.07) is 0. The van der Waals surface area contributed by atoms with Crippen molar-refractivity contribution in [1.82, 2.24) is 0 Å². The molecule has 0 saturated heterocycles. The third-order valence-electron chi connectivity index (χ3n) is 1.09. The Bertz CT molecular complexity index is 448. The van der Waals surface area contributed by atoms with Gasteiger partial charge in [0.15, 0.2) is 0 Å². The average Bonchev–Trinajstić information content (AvgIpc) is 2.42. The first-order valence-electron chi connectivity index (χ1n) is 5.26. The number of carbonyl (C=O) groups excluding carboxylic acids is 2. The molecule has 0 spiro atoms. The maximum absolute atomic E-state index is 9.55. The van der Waals surface area contributed by atoms with E-state index in [0.717, 1.165) is 0 Å². The molecule has 0 atom stereocenters. The second-order valence-electron chi connectivity index (χ2n) is 2.99. The van der Waals surface area contributed by atoms with Crippen LogP contribution in [0.1, 0.15) is 0 Å². The van der Waals surface area contributed by atoms with E-state index in [2.05, 4.69) is 0 Å². The Hall–Kier alpha value is -1.96. The van der Waals surface area contributed by atoms with E-state index in [1.54, 1.807) is 0 Å². The smallest absolute Gasteiger partial charge is 0.545 e. The number of carboxylic acid groups (broad SMARTS) is 6. The van der Waals surface area contributed by atoms with Gasteiger partial charge in [-0.1, -0.05) is 0 Å². The van der Waals surface area contributed by atoms with E-state index < -0.39 is 35.8 Å². The van der Waals surface area contributed by atoms with Crippen LogP contribution in [0.25, 0.3) is 0 Å². The molecule has 132 valence electrons. The fraction of sp³-hybridized carbons (Fsp3) is 0. The maximum Gasteiger partial charge on any atom is 1.00 e. The molecule has 26 heavy (non-hydrogen) atoms. The van der Waals surface area contributed by atoms with Crippen LogP contribution < -0.4 is 69.3 Å². The van der Waals surface area contributed by atoms with Crippen LogP contribution in [0.5, 0.6) is 0 Å². The van der Waals surface area contributed by atoms with Gasteiger partial charge in [-0.05, 0) is 12.2 Å². The summed E-state index contributed by atoms with van der Waals surface area (Å²) in [5.41, 5.74) is 0. The number of hydrogen-bond acceptors (Lipinski definition) is 8. The Kier molecular flexibility index (Phi) is 31.2. The van der Waals surface area contributed by atoms with Gasteiger partial charge in [0, 0.05) is 24.3 Å². The molecule has 0 radical (unpaired) electrons. The summed E-state index contributed by atoms with van der Waals surface area (Å²) < 4.78 is 0. The van der Waals surface area contributed by atoms with Gasteiger partial charge in [0.25, 0.3) is 0 Å². The van der Waals surface area contributed by atoms with E-state index in [1.807, 2.05) is 0 Å². The Morgan fingerprint density at radius 2 is 0.615 bits per heavy atom.